The van der Waals surface area contributed by atoms with Gasteiger partial charge < -0.3 is 14.8 Å². The largest absolute Gasteiger partial charge is 0.454 e. The van der Waals surface area contributed by atoms with Crippen molar-refractivity contribution in [1.82, 2.24) is 10.3 Å². The zero-order chi connectivity index (χ0) is 14.7. The fourth-order valence-electron chi connectivity index (χ4n) is 2.12. The minimum atomic E-state index is 0.183. The van der Waals surface area contributed by atoms with Gasteiger partial charge in [-0.05, 0) is 36.9 Å². The first-order valence-corrected chi connectivity index (χ1v) is 7.94. The van der Waals surface area contributed by atoms with Gasteiger partial charge in [0.15, 0.2) is 11.5 Å². The van der Waals surface area contributed by atoms with Crippen LogP contribution in [0.4, 0.5) is 0 Å². The van der Waals surface area contributed by atoms with Crippen molar-refractivity contribution in [2.45, 2.75) is 11.1 Å². The monoisotopic (exact) mass is 322 g/mol. The van der Waals surface area contributed by atoms with Crippen LogP contribution in [-0.2, 0) is 0 Å². The van der Waals surface area contributed by atoms with E-state index in [0.29, 0.717) is 11.8 Å². The second kappa shape index (κ2) is 6.56. The predicted molar refractivity (Wildman–Crippen MR) is 84.3 cm³/mol. The van der Waals surface area contributed by atoms with Gasteiger partial charge in [0.2, 0.25) is 6.79 Å². The van der Waals surface area contributed by atoms with Gasteiger partial charge in [0.25, 0.3) is 0 Å². The second-order valence-electron chi connectivity index (χ2n) is 4.56. The van der Waals surface area contributed by atoms with Gasteiger partial charge >= 0.3 is 0 Å². The number of aromatic nitrogens is 1. The second-order valence-corrected chi connectivity index (χ2v) is 5.97. The predicted octanol–water partition coefficient (Wildman–Crippen LogP) is 3.52. The molecule has 1 aromatic carbocycles. The molecule has 0 bridgehead atoms. The lowest BCUT2D eigenvalue weighted by Gasteiger charge is -2.16. The molecule has 1 aliphatic heterocycles. The van der Waals surface area contributed by atoms with Crippen molar-refractivity contribution in [2.24, 2.45) is 0 Å². The van der Waals surface area contributed by atoms with Gasteiger partial charge in [-0.15, -0.1) is 11.8 Å². The van der Waals surface area contributed by atoms with Crippen molar-refractivity contribution >= 4 is 23.4 Å². The average molecular weight is 323 g/mol. The minimum absolute atomic E-state index is 0.183. The summed E-state index contributed by atoms with van der Waals surface area (Å²) in [6.07, 6.45) is 1.75. The van der Waals surface area contributed by atoms with Gasteiger partial charge in [-0.25, -0.2) is 4.98 Å². The summed E-state index contributed by atoms with van der Waals surface area (Å²) in [5, 5.41) is 4.84. The zero-order valence-electron chi connectivity index (χ0n) is 11.5. The van der Waals surface area contributed by atoms with E-state index in [-0.39, 0.29) is 6.04 Å². The molecule has 0 radical (unpaired) electrons. The maximum atomic E-state index is 6.13. The zero-order valence-corrected chi connectivity index (χ0v) is 13.1. The highest BCUT2D eigenvalue weighted by Gasteiger charge is 2.17. The summed E-state index contributed by atoms with van der Waals surface area (Å²) in [5.74, 6) is 2.43. The molecule has 3 rings (SSSR count). The molecule has 2 heterocycles. The standard InChI is InChI=1S/C15H15ClN2O2S/c1-17-12(8-21-15-11(16)3-2-6-18-15)10-4-5-13-14(7-10)20-9-19-13/h2-7,12,17H,8-9H2,1H3. The van der Waals surface area contributed by atoms with Crippen LogP contribution in [0.2, 0.25) is 5.02 Å². The van der Waals surface area contributed by atoms with E-state index in [1.54, 1.807) is 18.0 Å². The van der Waals surface area contributed by atoms with Crippen molar-refractivity contribution in [1.29, 1.82) is 0 Å². The van der Waals surface area contributed by atoms with E-state index in [0.717, 1.165) is 27.8 Å². The first-order chi connectivity index (χ1) is 10.3. The Balaban J connectivity index is 1.72. The molecule has 110 valence electrons. The molecule has 0 saturated carbocycles. The van der Waals surface area contributed by atoms with Crippen molar-refractivity contribution in [2.75, 3.05) is 19.6 Å². The Morgan fingerprint density at radius 1 is 1.33 bits per heavy atom. The summed E-state index contributed by atoms with van der Waals surface area (Å²) < 4.78 is 10.8. The van der Waals surface area contributed by atoms with Crippen molar-refractivity contribution in [3.63, 3.8) is 0 Å². The molecule has 0 amide bonds. The summed E-state index contributed by atoms with van der Waals surface area (Å²) in [6.45, 7) is 0.293. The average Bonchev–Trinajstić information content (AvgIpc) is 2.97. The molecular formula is C15H15ClN2O2S. The van der Waals surface area contributed by atoms with Gasteiger partial charge in [0, 0.05) is 18.0 Å². The molecule has 21 heavy (non-hydrogen) atoms. The molecule has 6 heteroatoms. The van der Waals surface area contributed by atoms with E-state index >= 15 is 0 Å². The van der Waals surface area contributed by atoms with Crippen molar-refractivity contribution in [3.8, 4) is 11.5 Å². The van der Waals surface area contributed by atoms with E-state index in [2.05, 4.69) is 16.4 Å². The molecule has 0 aliphatic carbocycles. The fourth-order valence-corrected chi connectivity index (χ4v) is 3.43. The van der Waals surface area contributed by atoms with Crippen LogP contribution in [0.3, 0.4) is 0 Å². The molecule has 1 atom stereocenters. The highest BCUT2D eigenvalue weighted by molar-refractivity contribution is 7.99. The van der Waals surface area contributed by atoms with E-state index < -0.39 is 0 Å². The van der Waals surface area contributed by atoms with Gasteiger partial charge in [-0.1, -0.05) is 17.7 Å². The number of nitrogens with zero attached hydrogens (tertiary/aromatic N) is 1. The number of pyridine rings is 1. The van der Waals surface area contributed by atoms with Crippen LogP contribution >= 0.6 is 23.4 Å². The first-order valence-electron chi connectivity index (χ1n) is 6.58. The van der Waals surface area contributed by atoms with E-state index in [1.165, 1.54) is 0 Å². The molecule has 0 fully saturated rings. The Bertz CT molecular complexity index is 639. The number of rotatable bonds is 5. The molecule has 1 unspecified atom stereocenters. The summed E-state index contributed by atoms with van der Waals surface area (Å²) in [6, 6.07) is 9.88. The minimum Gasteiger partial charge on any atom is -0.454 e. The molecule has 1 N–H and O–H groups in total. The van der Waals surface area contributed by atoms with Crippen LogP contribution in [0, 0.1) is 0 Å². The molecule has 1 aromatic heterocycles. The van der Waals surface area contributed by atoms with Crippen molar-refractivity contribution in [3.05, 3.63) is 47.1 Å². The van der Waals surface area contributed by atoms with Gasteiger partial charge in [0.05, 0.1) is 5.02 Å². The lowest BCUT2D eigenvalue weighted by atomic mass is 10.1. The molecule has 1 aliphatic rings. The number of benzene rings is 1. The van der Waals surface area contributed by atoms with Crippen LogP contribution in [0.25, 0.3) is 0 Å². The summed E-state index contributed by atoms with van der Waals surface area (Å²) >= 11 is 7.76. The summed E-state index contributed by atoms with van der Waals surface area (Å²) in [7, 11) is 1.94. The van der Waals surface area contributed by atoms with Crippen LogP contribution < -0.4 is 14.8 Å². The topological polar surface area (TPSA) is 43.4 Å². The third kappa shape index (κ3) is 3.26. The highest BCUT2D eigenvalue weighted by Crippen LogP contribution is 2.35. The normalized spacial score (nSPS) is 14.2. The summed E-state index contributed by atoms with van der Waals surface area (Å²) in [5.41, 5.74) is 1.15. The third-order valence-corrected chi connectivity index (χ3v) is 4.77. The lowest BCUT2D eigenvalue weighted by molar-refractivity contribution is 0.174. The Morgan fingerprint density at radius 2 is 2.19 bits per heavy atom. The van der Waals surface area contributed by atoms with Crippen LogP contribution in [0.1, 0.15) is 11.6 Å². The number of hydrogen-bond acceptors (Lipinski definition) is 5. The molecular weight excluding hydrogens is 308 g/mol. The Morgan fingerprint density at radius 3 is 3.00 bits per heavy atom. The van der Waals surface area contributed by atoms with Crippen LogP contribution in [-0.4, -0.2) is 24.6 Å². The lowest BCUT2D eigenvalue weighted by Crippen LogP contribution is -2.18. The van der Waals surface area contributed by atoms with E-state index in [1.807, 2.05) is 31.3 Å². The third-order valence-electron chi connectivity index (χ3n) is 3.26. The smallest absolute Gasteiger partial charge is 0.231 e. The van der Waals surface area contributed by atoms with Gasteiger partial charge in [0.1, 0.15) is 5.03 Å². The number of hydrogen-bond donors (Lipinski definition) is 1. The van der Waals surface area contributed by atoms with Crippen molar-refractivity contribution < 1.29 is 9.47 Å². The van der Waals surface area contributed by atoms with Crippen LogP contribution in [0.5, 0.6) is 11.5 Å². The number of nitrogens with one attached hydrogen (secondary N) is 1. The number of halogens is 1. The SMILES string of the molecule is CNC(CSc1ncccc1Cl)c1ccc2c(c1)OCO2. The first kappa shape index (κ1) is 14.5. The number of ether oxygens (including phenoxy) is 2. The Labute approximate surface area is 132 Å². The molecule has 0 spiro atoms. The molecule has 4 nitrogen and oxygen atoms in total. The number of thioether (sulfide) groups is 1. The van der Waals surface area contributed by atoms with Gasteiger partial charge in [-0.2, -0.15) is 0 Å². The number of fused-ring (bicyclic) bond motifs is 1. The van der Waals surface area contributed by atoms with Gasteiger partial charge in [-0.3, -0.25) is 0 Å². The summed E-state index contributed by atoms with van der Waals surface area (Å²) in [4.78, 5) is 4.29. The highest BCUT2D eigenvalue weighted by atomic mass is 35.5. The molecule has 2 aromatic rings. The maximum Gasteiger partial charge on any atom is 0.231 e. The van der Waals surface area contributed by atoms with E-state index in [4.69, 9.17) is 21.1 Å². The maximum absolute atomic E-state index is 6.13. The quantitative estimate of drug-likeness (QED) is 0.853. The Kier molecular flexibility index (Phi) is 4.53. The molecule has 0 saturated heterocycles. The Hall–Kier alpha value is -1.43. The van der Waals surface area contributed by atoms with Crippen LogP contribution in [0.15, 0.2) is 41.6 Å². The fraction of sp³-hybridized carbons (Fsp3) is 0.267. The van der Waals surface area contributed by atoms with E-state index in [9.17, 15) is 0 Å².